The van der Waals surface area contributed by atoms with Crippen LogP contribution in [-0.4, -0.2) is 86.5 Å². The summed E-state index contributed by atoms with van der Waals surface area (Å²) in [7, 11) is -0.646. The van der Waals surface area contributed by atoms with Crippen molar-refractivity contribution < 1.29 is 26.8 Å². The number of nitrogens with zero attached hydrogens (tertiary/aromatic N) is 4. The van der Waals surface area contributed by atoms with E-state index in [1.54, 1.807) is 33.0 Å². The summed E-state index contributed by atoms with van der Waals surface area (Å²) in [6.07, 6.45) is 0. The first-order chi connectivity index (χ1) is 20.3. The van der Waals surface area contributed by atoms with Crippen molar-refractivity contribution in [3.63, 3.8) is 0 Å². The Morgan fingerprint density at radius 2 is 1.70 bits per heavy atom. The van der Waals surface area contributed by atoms with Crippen LogP contribution in [-0.2, 0) is 26.9 Å². The monoisotopic (exact) mass is 616 g/mol. The largest absolute Gasteiger partial charge is 0.369 e. The zero-order chi connectivity index (χ0) is 31.1. The molecule has 0 saturated carbocycles. The molecule has 2 aliphatic rings. The van der Waals surface area contributed by atoms with Crippen LogP contribution in [0.2, 0.25) is 0 Å². The summed E-state index contributed by atoms with van der Waals surface area (Å²) in [5, 5.41) is 15.4. The smallest absolute Gasteiger partial charge is 0.258 e. The number of aromatic amines is 1. The highest BCUT2D eigenvalue weighted by Crippen LogP contribution is 2.44. The molecular formula is C28H34F2N8O4S. The summed E-state index contributed by atoms with van der Waals surface area (Å²) in [5.41, 5.74) is 1.03. The lowest BCUT2D eigenvalue weighted by Gasteiger charge is -2.34. The minimum atomic E-state index is -4.34. The molecule has 1 aromatic heterocycles. The Kier molecular flexibility index (Phi) is 8.26. The molecule has 0 radical (unpaired) electrons. The van der Waals surface area contributed by atoms with Gasteiger partial charge in [-0.25, -0.2) is 17.2 Å². The first-order valence-corrected chi connectivity index (χ1v) is 15.1. The Labute approximate surface area is 248 Å². The van der Waals surface area contributed by atoms with Gasteiger partial charge in [0.05, 0.1) is 33.9 Å². The van der Waals surface area contributed by atoms with Gasteiger partial charge >= 0.3 is 0 Å². The third-order valence-electron chi connectivity index (χ3n) is 7.79. The van der Waals surface area contributed by atoms with E-state index < -0.39 is 38.0 Å². The predicted molar refractivity (Wildman–Crippen MR) is 157 cm³/mol. The molecule has 3 heterocycles. The fourth-order valence-corrected chi connectivity index (χ4v) is 7.18. The summed E-state index contributed by atoms with van der Waals surface area (Å²) in [5.74, 6) is -2.82. The number of carbonyl (C=O) groups is 2. The second-order valence-electron chi connectivity index (χ2n) is 11.2. The topological polar surface area (TPSA) is 143 Å². The van der Waals surface area contributed by atoms with Crippen molar-refractivity contribution in [3.05, 3.63) is 64.9 Å². The van der Waals surface area contributed by atoms with E-state index in [1.165, 1.54) is 0 Å². The molecule has 4 N–H and O–H groups in total. The molecule has 0 unspecified atom stereocenters. The fourth-order valence-electron chi connectivity index (χ4n) is 5.41. The highest BCUT2D eigenvalue weighted by molar-refractivity contribution is 7.89. The normalized spacial score (nSPS) is 17.1. The first kappa shape index (κ1) is 30.5. The number of fused-ring (bicyclic) bond motifs is 1. The van der Waals surface area contributed by atoms with Gasteiger partial charge in [0, 0.05) is 50.0 Å². The lowest BCUT2D eigenvalue weighted by molar-refractivity contribution is -0.115. The van der Waals surface area contributed by atoms with Crippen LogP contribution in [0.4, 0.5) is 26.0 Å². The van der Waals surface area contributed by atoms with E-state index in [0.717, 1.165) is 48.3 Å². The maximum atomic E-state index is 13.9. The van der Waals surface area contributed by atoms with Gasteiger partial charge in [0.1, 0.15) is 11.6 Å². The van der Waals surface area contributed by atoms with Crippen LogP contribution in [0.15, 0.2) is 41.3 Å². The number of sulfonamides is 1. The second-order valence-corrected chi connectivity index (χ2v) is 13.0. The molecule has 1 fully saturated rings. The van der Waals surface area contributed by atoms with Crippen LogP contribution in [0.1, 0.15) is 35.5 Å². The molecule has 0 bridgehead atoms. The lowest BCUT2D eigenvalue weighted by Crippen LogP contribution is -2.44. The van der Waals surface area contributed by atoms with Gasteiger partial charge in [-0.05, 0) is 58.3 Å². The summed E-state index contributed by atoms with van der Waals surface area (Å²) in [4.78, 5) is 29.9. The molecule has 43 heavy (non-hydrogen) atoms. The predicted octanol–water partition coefficient (Wildman–Crippen LogP) is 2.29. The molecule has 2 aromatic carbocycles. The Bertz CT molecular complexity index is 1650. The van der Waals surface area contributed by atoms with Gasteiger partial charge < -0.3 is 25.8 Å². The summed E-state index contributed by atoms with van der Waals surface area (Å²) < 4.78 is 55.8. The molecular weight excluding hydrogens is 582 g/mol. The maximum Gasteiger partial charge on any atom is 0.258 e. The highest BCUT2D eigenvalue weighted by atomic mass is 32.2. The minimum Gasteiger partial charge on any atom is -0.369 e. The van der Waals surface area contributed by atoms with Crippen molar-refractivity contribution in [2.24, 2.45) is 0 Å². The van der Waals surface area contributed by atoms with Crippen molar-refractivity contribution in [1.29, 1.82) is 0 Å². The molecule has 2 aliphatic heterocycles. The lowest BCUT2D eigenvalue weighted by atomic mass is 10.0. The van der Waals surface area contributed by atoms with Gasteiger partial charge in [0.15, 0.2) is 5.82 Å². The van der Waals surface area contributed by atoms with Gasteiger partial charge in [0.25, 0.3) is 5.91 Å². The minimum absolute atomic E-state index is 0.0429. The van der Waals surface area contributed by atoms with E-state index in [-0.39, 0.29) is 30.4 Å². The molecule has 0 spiro atoms. The van der Waals surface area contributed by atoms with Gasteiger partial charge in [-0.2, -0.15) is 9.40 Å². The number of hydrogen-bond acceptors (Lipinski definition) is 8. The quantitative estimate of drug-likeness (QED) is 0.302. The van der Waals surface area contributed by atoms with Crippen molar-refractivity contribution in [2.75, 3.05) is 62.4 Å². The molecule has 2 amide bonds. The highest BCUT2D eigenvalue weighted by Gasteiger charge is 2.48. The van der Waals surface area contributed by atoms with E-state index >= 15 is 0 Å². The van der Waals surface area contributed by atoms with Gasteiger partial charge in [-0.1, -0.05) is 0 Å². The van der Waals surface area contributed by atoms with Crippen LogP contribution in [0.3, 0.4) is 0 Å². The van der Waals surface area contributed by atoms with Gasteiger partial charge in [0.2, 0.25) is 15.9 Å². The zero-order valence-electron chi connectivity index (χ0n) is 24.3. The Balaban J connectivity index is 1.42. The molecule has 1 saturated heterocycles. The molecule has 12 nitrogen and oxygen atoms in total. The van der Waals surface area contributed by atoms with Crippen molar-refractivity contribution in [3.8, 4) is 0 Å². The fraction of sp³-hybridized carbons (Fsp3) is 0.393. The van der Waals surface area contributed by atoms with Crippen LogP contribution < -0.4 is 20.9 Å². The third-order valence-corrected chi connectivity index (χ3v) is 9.79. The van der Waals surface area contributed by atoms with Crippen molar-refractivity contribution in [1.82, 2.24) is 24.7 Å². The SMILES string of the molecule is CNCC(=O)Nc1cc(N2CCN(C)CC2)ccc1C(=O)Nc1n[nH]c2c1CN(S(=O)(=O)c1cc(F)cc(F)c1)C2(C)C. The maximum absolute atomic E-state index is 13.9. The Morgan fingerprint density at radius 1 is 1.02 bits per heavy atom. The van der Waals surface area contributed by atoms with Gasteiger partial charge in [-0.3, -0.25) is 14.7 Å². The first-order valence-electron chi connectivity index (χ1n) is 13.7. The van der Waals surface area contributed by atoms with Crippen molar-refractivity contribution in [2.45, 2.75) is 30.8 Å². The molecule has 0 aliphatic carbocycles. The van der Waals surface area contributed by atoms with E-state index in [2.05, 4.69) is 43.0 Å². The third kappa shape index (κ3) is 5.98. The standard InChI is InChI=1S/C28H34F2N8O4S/c1-28(2)25-22(16-38(28)43(41,42)20-12-17(29)11-18(30)13-20)26(35-34-25)33-27(40)21-6-5-19(37-9-7-36(4)8-10-37)14-23(21)32-24(39)15-31-3/h5-6,11-14,31H,7-10,15-16H2,1-4H3,(H,32,39)(H2,33,34,35,40). The molecule has 15 heteroatoms. The van der Waals surface area contributed by atoms with Crippen LogP contribution >= 0.6 is 0 Å². The zero-order valence-corrected chi connectivity index (χ0v) is 25.1. The summed E-state index contributed by atoms with van der Waals surface area (Å²) in [6.45, 7) is 6.44. The average Bonchev–Trinajstić information content (AvgIpc) is 3.46. The Morgan fingerprint density at radius 3 is 2.35 bits per heavy atom. The summed E-state index contributed by atoms with van der Waals surface area (Å²) in [6, 6.07) is 7.33. The summed E-state index contributed by atoms with van der Waals surface area (Å²) >= 11 is 0. The number of amides is 2. The Hall–Kier alpha value is -3.92. The number of aromatic nitrogens is 2. The number of hydrogen-bond donors (Lipinski definition) is 4. The van der Waals surface area contributed by atoms with Crippen LogP contribution in [0, 0.1) is 11.6 Å². The number of H-pyrrole nitrogens is 1. The molecule has 5 rings (SSSR count). The number of rotatable bonds is 8. The van der Waals surface area contributed by atoms with Crippen molar-refractivity contribution >= 4 is 39.0 Å². The van der Waals surface area contributed by atoms with E-state index in [4.69, 9.17) is 0 Å². The number of nitrogens with one attached hydrogen (secondary N) is 4. The average molecular weight is 617 g/mol. The number of likely N-dealkylation sites (N-methyl/N-ethyl adjacent to an activating group) is 2. The number of piperazine rings is 1. The second kappa shape index (κ2) is 11.6. The number of benzene rings is 2. The molecule has 230 valence electrons. The molecule has 0 atom stereocenters. The van der Waals surface area contributed by atoms with E-state index in [9.17, 15) is 26.8 Å². The molecule has 3 aromatic rings. The van der Waals surface area contributed by atoms with Crippen LogP contribution in [0.25, 0.3) is 0 Å². The number of carbonyl (C=O) groups excluding carboxylic acids is 2. The van der Waals surface area contributed by atoms with E-state index in [1.807, 2.05) is 6.07 Å². The van der Waals surface area contributed by atoms with Gasteiger partial charge in [-0.15, -0.1) is 0 Å². The van der Waals surface area contributed by atoms with Crippen LogP contribution in [0.5, 0.6) is 0 Å². The number of anilines is 3. The number of halogens is 2. The van der Waals surface area contributed by atoms with E-state index in [0.29, 0.717) is 23.0 Å².